The van der Waals surface area contributed by atoms with E-state index in [2.05, 4.69) is 28.4 Å². The Kier molecular flexibility index (Phi) is 5.97. The van der Waals surface area contributed by atoms with Crippen LogP contribution in [0.25, 0.3) is 10.2 Å². The summed E-state index contributed by atoms with van der Waals surface area (Å²) in [5.74, 6) is 1.73. The third-order valence-corrected chi connectivity index (χ3v) is 6.50. The quantitative estimate of drug-likeness (QED) is 0.661. The molecule has 1 N–H and O–H groups in total. The number of fused-ring (bicyclic) bond motifs is 1. The number of nitrogens with one attached hydrogen (secondary N) is 1. The van der Waals surface area contributed by atoms with Crippen LogP contribution in [0.5, 0.6) is 11.5 Å². The Labute approximate surface area is 174 Å². The van der Waals surface area contributed by atoms with Crippen LogP contribution in [0, 0.1) is 0 Å². The summed E-state index contributed by atoms with van der Waals surface area (Å²) in [4.78, 5) is 19.5. The van der Waals surface area contributed by atoms with Crippen LogP contribution in [0.3, 0.4) is 0 Å². The van der Waals surface area contributed by atoms with Crippen LogP contribution in [0.2, 0.25) is 0 Å². The second kappa shape index (κ2) is 8.80. The van der Waals surface area contributed by atoms with Crippen LogP contribution >= 0.6 is 11.3 Å². The molecule has 1 aromatic heterocycles. The molecule has 2 aromatic carbocycles. The number of hydrogen-bond acceptors (Lipinski definition) is 6. The summed E-state index contributed by atoms with van der Waals surface area (Å²) >= 11 is 1.79. The van der Waals surface area contributed by atoms with Crippen LogP contribution in [0.4, 0.5) is 5.69 Å². The number of para-hydroxylation sites is 1. The summed E-state index contributed by atoms with van der Waals surface area (Å²) in [7, 11) is 3.18. The number of thiazole rings is 1. The summed E-state index contributed by atoms with van der Waals surface area (Å²) in [5, 5.41) is 4.17. The maximum Gasteiger partial charge on any atom is 0.238 e. The summed E-state index contributed by atoms with van der Waals surface area (Å²) in [6, 6.07) is 13.7. The Bertz CT molecular complexity index is 963. The monoisotopic (exact) mass is 411 g/mol. The van der Waals surface area contributed by atoms with Gasteiger partial charge in [0.25, 0.3) is 0 Å². The Morgan fingerprint density at radius 3 is 2.69 bits per heavy atom. The first-order valence-electron chi connectivity index (χ1n) is 9.76. The lowest BCUT2D eigenvalue weighted by atomic mass is 9.97. The molecule has 1 aliphatic heterocycles. The van der Waals surface area contributed by atoms with Gasteiger partial charge < -0.3 is 14.8 Å². The van der Waals surface area contributed by atoms with Gasteiger partial charge in [-0.1, -0.05) is 12.1 Å². The maximum atomic E-state index is 12.5. The van der Waals surface area contributed by atoms with E-state index in [4.69, 9.17) is 14.5 Å². The lowest BCUT2D eigenvalue weighted by Gasteiger charge is -2.30. The number of likely N-dealkylation sites (tertiary alicyclic amines) is 1. The average molecular weight is 412 g/mol. The van der Waals surface area contributed by atoms with E-state index >= 15 is 0 Å². The van der Waals surface area contributed by atoms with Crippen molar-refractivity contribution in [3.05, 3.63) is 47.5 Å². The van der Waals surface area contributed by atoms with E-state index in [1.807, 2.05) is 12.1 Å². The molecule has 1 amide bonds. The maximum absolute atomic E-state index is 12.5. The molecular weight excluding hydrogens is 386 g/mol. The van der Waals surface area contributed by atoms with Crippen molar-refractivity contribution in [2.24, 2.45) is 0 Å². The predicted octanol–water partition coefficient (Wildman–Crippen LogP) is 4.13. The molecule has 0 unspecified atom stereocenters. The van der Waals surface area contributed by atoms with E-state index in [9.17, 15) is 4.79 Å². The van der Waals surface area contributed by atoms with Gasteiger partial charge in [0.15, 0.2) is 0 Å². The van der Waals surface area contributed by atoms with E-state index in [0.717, 1.165) is 31.4 Å². The predicted molar refractivity (Wildman–Crippen MR) is 116 cm³/mol. The second-order valence-electron chi connectivity index (χ2n) is 7.18. The van der Waals surface area contributed by atoms with Gasteiger partial charge in [-0.05, 0) is 50.2 Å². The summed E-state index contributed by atoms with van der Waals surface area (Å²) in [5.41, 5.74) is 1.74. The molecule has 7 heteroatoms. The minimum Gasteiger partial charge on any atom is -0.497 e. The van der Waals surface area contributed by atoms with E-state index in [-0.39, 0.29) is 5.91 Å². The fourth-order valence-electron chi connectivity index (χ4n) is 3.70. The minimum atomic E-state index is -0.0353. The van der Waals surface area contributed by atoms with E-state index < -0.39 is 0 Å². The molecule has 4 rings (SSSR count). The lowest BCUT2D eigenvalue weighted by molar-refractivity contribution is -0.117. The van der Waals surface area contributed by atoms with Crippen molar-refractivity contribution >= 4 is 33.1 Å². The van der Waals surface area contributed by atoms with Gasteiger partial charge in [-0.2, -0.15) is 0 Å². The van der Waals surface area contributed by atoms with Gasteiger partial charge >= 0.3 is 0 Å². The number of amides is 1. The van der Waals surface area contributed by atoms with Crippen molar-refractivity contribution in [3.63, 3.8) is 0 Å². The number of ether oxygens (including phenoxy) is 2. The molecule has 0 bridgehead atoms. The van der Waals surface area contributed by atoms with Gasteiger partial charge in [-0.3, -0.25) is 9.69 Å². The second-order valence-corrected chi connectivity index (χ2v) is 8.25. The van der Waals surface area contributed by atoms with Crippen molar-refractivity contribution < 1.29 is 14.3 Å². The zero-order valence-corrected chi connectivity index (χ0v) is 17.5. The number of benzene rings is 2. The molecule has 1 aliphatic rings. The Hall–Kier alpha value is -2.64. The fraction of sp³-hybridized carbons (Fsp3) is 0.364. The molecule has 1 saturated heterocycles. The first-order valence-corrected chi connectivity index (χ1v) is 10.6. The summed E-state index contributed by atoms with van der Waals surface area (Å²) in [6.45, 7) is 2.17. The molecule has 0 saturated carbocycles. The Morgan fingerprint density at radius 2 is 1.97 bits per heavy atom. The molecular formula is C22H25N3O3S. The van der Waals surface area contributed by atoms with Gasteiger partial charge in [-0.25, -0.2) is 4.98 Å². The lowest BCUT2D eigenvalue weighted by Crippen LogP contribution is -2.38. The van der Waals surface area contributed by atoms with Crippen molar-refractivity contribution in [2.45, 2.75) is 18.8 Å². The highest BCUT2D eigenvalue weighted by Crippen LogP contribution is 2.34. The highest BCUT2D eigenvalue weighted by Gasteiger charge is 2.24. The van der Waals surface area contributed by atoms with Crippen LogP contribution in [0.1, 0.15) is 23.8 Å². The summed E-state index contributed by atoms with van der Waals surface area (Å²) < 4.78 is 11.8. The smallest absolute Gasteiger partial charge is 0.238 e. The highest BCUT2D eigenvalue weighted by atomic mass is 32.1. The summed E-state index contributed by atoms with van der Waals surface area (Å²) in [6.07, 6.45) is 2.05. The molecule has 0 radical (unpaired) electrons. The molecule has 6 nitrogen and oxygen atoms in total. The number of hydrogen-bond donors (Lipinski definition) is 1. The molecule has 152 valence electrons. The zero-order chi connectivity index (χ0) is 20.2. The third-order valence-electron chi connectivity index (χ3n) is 5.30. The number of anilines is 1. The van der Waals surface area contributed by atoms with Crippen molar-refractivity contribution in [1.82, 2.24) is 9.88 Å². The molecule has 2 heterocycles. The SMILES string of the molecule is COc1ccc(NC(=O)CN2CCC(c3nc4ccccc4s3)CC2)c(OC)c1. The van der Waals surface area contributed by atoms with Crippen molar-refractivity contribution in [2.75, 3.05) is 39.2 Å². The van der Waals surface area contributed by atoms with E-state index in [1.54, 1.807) is 37.7 Å². The van der Waals surface area contributed by atoms with Crippen molar-refractivity contribution in [3.8, 4) is 11.5 Å². The van der Waals surface area contributed by atoms with Crippen LogP contribution in [0.15, 0.2) is 42.5 Å². The van der Waals surface area contributed by atoms with E-state index in [0.29, 0.717) is 29.6 Å². The largest absolute Gasteiger partial charge is 0.497 e. The van der Waals surface area contributed by atoms with Crippen molar-refractivity contribution in [1.29, 1.82) is 0 Å². The van der Waals surface area contributed by atoms with Crippen LogP contribution in [-0.2, 0) is 4.79 Å². The number of piperidine rings is 1. The molecule has 1 fully saturated rings. The molecule has 0 atom stereocenters. The van der Waals surface area contributed by atoms with Crippen LogP contribution in [-0.4, -0.2) is 49.6 Å². The number of nitrogens with zero attached hydrogens (tertiary/aromatic N) is 2. The third kappa shape index (κ3) is 4.52. The standard InChI is InChI=1S/C22H25N3O3S/c1-27-16-7-8-17(19(13-16)28-2)23-21(26)14-25-11-9-15(10-12-25)22-24-18-5-3-4-6-20(18)29-22/h3-8,13,15H,9-12,14H2,1-2H3,(H,23,26). The average Bonchev–Trinajstić information content (AvgIpc) is 3.18. The van der Waals surface area contributed by atoms with Gasteiger partial charge in [0.1, 0.15) is 11.5 Å². The van der Waals surface area contributed by atoms with Gasteiger partial charge in [0, 0.05) is 12.0 Å². The Morgan fingerprint density at radius 1 is 1.17 bits per heavy atom. The fourth-order valence-corrected chi connectivity index (χ4v) is 4.83. The first-order chi connectivity index (χ1) is 14.2. The number of carbonyl (C=O) groups is 1. The topological polar surface area (TPSA) is 63.7 Å². The molecule has 0 aliphatic carbocycles. The number of methoxy groups -OCH3 is 2. The van der Waals surface area contributed by atoms with Gasteiger partial charge in [0.2, 0.25) is 5.91 Å². The molecule has 0 spiro atoms. The molecule has 29 heavy (non-hydrogen) atoms. The number of carbonyl (C=O) groups excluding carboxylic acids is 1. The van der Waals surface area contributed by atoms with Crippen LogP contribution < -0.4 is 14.8 Å². The van der Waals surface area contributed by atoms with Gasteiger partial charge in [0.05, 0.1) is 41.7 Å². The Balaban J connectivity index is 1.32. The minimum absolute atomic E-state index is 0.0353. The molecule has 3 aromatic rings. The highest BCUT2D eigenvalue weighted by molar-refractivity contribution is 7.18. The number of rotatable bonds is 6. The zero-order valence-electron chi connectivity index (χ0n) is 16.7. The first kappa shape index (κ1) is 19.7. The number of aromatic nitrogens is 1. The van der Waals surface area contributed by atoms with E-state index in [1.165, 1.54) is 9.71 Å². The normalized spacial score (nSPS) is 15.4. The van der Waals surface area contributed by atoms with Gasteiger partial charge in [-0.15, -0.1) is 11.3 Å².